The van der Waals surface area contributed by atoms with E-state index in [0.717, 1.165) is 0 Å². The molecule has 0 radical (unpaired) electrons. The molecule has 0 aromatic heterocycles. The number of carboxylic acids is 1. The molecule has 1 aromatic carbocycles. The Morgan fingerprint density at radius 2 is 2.10 bits per heavy atom. The van der Waals surface area contributed by atoms with Gasteiger partial charge in [-0.25, -0.2) is 4.79 Å². The van der Waals surface area contributed by atoms with Gasteiger partial charge in [-0.2, -0.15) is 0 Å². The zero-order valence-electron chi connectivity index (χ0n) is 11.6. The molecule has 1 aromatic rings. The van der Waals surface area contributed by atoms with E-state index in [1.807, 2.05) is 0 Å². The van der Waals surface area contributed by atoms with Crippen LogP contribution in [0.1, 0.15) is 13.3 Å². The van der Waals surface area contributed by atoms with Gasteiger partial charge < -0.3 is 25.6 Å². The fourth-order valence-corrected chi connectivity index (χ4v) is 1.84. The minimum Gasteiger partial charge on any atom is -0.495 e. The average molecular weight is 317 g/mol. The molecule has 8 heteroatoms. The number of carboxylic acid groups (broad SMARTS) is 1. The lowest BCUT2D eigenvalue weighted by Gasteiger charge is -2.21. The van der Waals surface area contributed by atoms with Crippen LogP contribution in [-0.2, 0) is 4.79 Å². The highest BCUT2D eigenvalue weighted by molar-refractivity contribution is 6.32. The first-order valence-electron chi connectivity index (χ1n) is 6.06. The summed E-state index contributed by atoms with van der Waals surface area (Å²) in [7, 11) is 1.48. The molecule has 2 amide bonds. The first-order valence-corrected chi connectivity index (χ1v) is 6.44. The maximum Gasteiger partial charge on any atom is 0.319 e. The van der Waals surface area contributed by atoms with Gasteiger partial charge in [0.1, 0.15) is 5.75 Å². The molecular weight excluding hydrogens is 300 g/mol. The number of urea groups is 1. The lowest BCUT2D eigenvalue weighted by atomic mass is 10.0. The van der Waals surface area contributed by atoms with Crippen LogP contribution in [0.3, 0.4) is 0 Å². The van der Waals surface area contributed by atoms with Gasteiger partial charge in [0, 0.05) is 12.2 Å². The number of hydrogen-bond acceptors (Lipinski definition) is 4. The van der Waals surface area contributed by atoms with Crippen molar-refractivity contribution in [1.29, 1.82) is 0 Å². The smallest absolute Gasteiger partial charge is 0.319 e. The highest BCUT2D eigenvalue weighted by Crippen LogP contribution is 2.27. The highest BCUT2D eigenvalue weighted by atomic mass is 35.5. The minimum atomic E-state index is -1.53. The zero-order chi connectivity index (χ0) is 16.0. The van der Waals surface area contributed by atoms with Crippen molar-refractivity contribution < 1.29 is 24.5 Å². The van der Waals surface area contributed by atoms with Crippen molar-refractivity contribution in [2.45, 2.75) is 18.9 Å². The van der Waals surface area contributed by atoms with Gasteiger partial charge in [0.25, 0.3) is 0 Å². The number of rotatable bonds is 6. The monoisotopic (exact) mass is 316 g/mol. The standard InChI is InChI=1S/C13H17ClN2O5/c1-13(20,6-11(17)18)7-15-12(19)16-8-3-4-10(21-2)9(14)5-8/h3-5,20H,6-7H2,1-2H3,(H,17,18)(H2,15,16,19). The van der Waals surface area contributed by atoms with Crippen LogP contribution in [0, 0.1) is 0 Å². The van der Waals surface area contributed by atoms with Gasteiger partial charge in [-0.05, 0) is 25.1 Å². The maximum absolute atomic E-state index is 11.7. The fraction of sp³-hybridized carbons (Fsp3) is 0.385. The van der Waals surface area contributed by atoms with E-state index < -0.39 is 24.0 Å². The molecule has 0 aliphatic carbocycles. The van der Waals surface area contributed by atoms with E-state index in [1.165, 1.54) is 20.1 Å². The molecule has 0 fully saturated rings. The van der Waals surface area contributed by atoms with E-state index in [1.54, 1.807) is 12.1 Å². The lowest BCUT2D eigenvalue weighted by molar-refractivity contribution is -0.141. The minimum absolute atomic E-state index is 0.199. The van der Waals surface area contributed by atoms with Crippen molar-refractivity contribution in [3.63, 3.8) is 0 Å². The maximum atomic E-state index is 11.7. The predicted molar refractivity (Wildman–Crippen MR) is 77.9 cm³/mol. The number of benzene rings is 1. The van der Waals surface area contributed by atoms with Gasteiger partial charge in [0.2, 0.25) is 0 Å². The predicted octanol–water partition coefficient (Wildman–Crippen LogP) is 1.70. The number of carbonyl (C=O) groups excluding carboxylic acids is 1. The second kappa shape index (κ2) is 7.14. The Labute approximate surface area is 126 Å². The van der Waals surface area contributed by atoms with Crippen molar-refractivity contribution >= 4 is 29.3 Å². The number of anilines is 1. The van der Waals surface area contributed by atoms with E-state index in [-0.39, 0.29) is 6.54 Å². The van der Waals surface area contributed by atoms with Gasteiger partial charge in [0.05, 0.1) is 24.2 Å². The molecule has 0 heterocycles. The molecule has 7 nitrogen and oxygen atoms in total. The Morgan fingerprint density at radius 1 is 1.43 bits per heavy atom. The van der Waals surface area contributed by atoms with Crippen LogP contribution >= 0.6 is 11.6 Å². The molecular formula is C13H17ClN2O5. The Morgan fingerprint density at radius 3 is 2.62 bits per heavy atom. The van der Waals surface area contributed by atoms with Crippen LogP contribution in [0.4, 0.5) is 10.5 Å². The van der Waals surface area contributed by atoms with Crippen LogP contribution in [0.25, 0.3) is 0 Å². The van der Waals surface area contributed by atoms with Gasteiger partial charge in [0.15, 0.2) is 0 Å². The van der Waals surface area contributed by atoms with E-state index in [2.05, 4.69) is 10.6 Å². The Kier molecular flexibility index (Phi) is 5.80. The van der Waals surface area contributed by atoms with Crippen molar-refractivity contribution in [2.24, 2.45) is 0 Å². The molecule has 4 N–H and O–H groups in total. The summed E-state index contributed by atoms with van der Waals surface area (Å²) in [5.74, 6) is -0.670. The normalized spacial score (nSPS) is 13.1. The van der Waals surface area contributed by atoms with Crippen LogP contribution in [0.2, 0.25) is 5.02 Å². The van der Waals surface area contributed by atoms with E-state index in [4.69, 9.17) is 21.4 Å². The molecule has 0 aliphatic rings. The topological polar surface area (TPSA) is 108 Å². The van der Waals surface area contributed by atoms with E-state index in [0.29, 0.717) is 16.5 Å². The Balaban J connectivity index is 2.54. The van der Waals surface area contributed by atoms with E-state index >= 15 is 0 Å². The van der Waals surface area contributed by atoms with Gasteiger partial charge in [-0.3, -0.25) is 4.79 Å². The Hall–Kier alpha value is -1.99. The Bertz CT molecular complexity index is 533. The number of hydrogen-bond donors (Lipinski definition) is 4. The van der Waals surface area contributed by atoms with Gasteiger partial charge in [-0.15, -0.1) is 0 Å². The number of nitrogens with one attached hydrogen (secondary N) is 2. The van der Waals surface area contributed by atoms with Crippen LogP contribution in [-0.4, -0.2) is 41.5 Å². The van der Waals surface area contributed by atoms with Gasteiger partial charge >= 0.3 is 12.0 Å². The largest absolute Gasteiger partial charge is 0.495 e. The summed E-state index contributed by atoms with van der Waals surface area (Å²) >= 11 is 5.92. The van der Waals surface area contributed by atoms with Crippen molar-refractivity contribution in [3.05, 3.63) is 23.2 Å². The SMILES string of the molecule is COc1ccc(NC(=O)NCC(C)(O)CC(=O)O)cc1Cl. The third-order valence-corrected chi connectivity index (χ3v) is 2.87. The third kappa shape index (κ3) is 5.88. The number of aliphatic carboxylic acids is 1. The molecule has 0 spiro atoms. The summed E-state index contributed by atoms with van der Waals surface area (Å²) in [5.41, 5.74) is -1.09. The lowest BCUT2D eigenvalue weighted by Crippen LogP contribution is -2.43. The van der Waals surface area contributed by atoms with Crippen molar-refractivity contribution in [1.82, 2.24) is 5.32 Å². The molecule has 1 unspecified atom stereocenters. The second-order valence-corrected chi connectivity index (χ2v) is 5.13. The quantitative estimate of drug-likeness (QED) is 0.639. The number of ether oxygens (including phenoxy) is 1. The second-order valence-electron chi connectivity index (χ2n) is 4.72. The van der Waals surface area contributed by atoms with Crippen LogP contribution < -0.4 is 15.4 Å². The number of aliphatic hydroxyl groups is 1. The van der Waals surface area contributed by atoms with E-state index in [9.17, 15) is 14.7 Å². The summed E-state index contributed by atoms with van der Waals surface area (Å²) in [6.45, 7) is 1.13. The zero-order valence-corrected chi connectivity index (χ0v) is 12.4. The van der Waals surface area contributed by atoms with Crippen LogP contribution in [0.15, 0.2) is 18.2 Å². The first kappa shape index (κ1) is 17.1. The van der Waals surface area contributed by atoms with Gasteiger partial charge in [-0.1, -0.05) is 11.6 Å². The third-order valence-electron chi connectivity index (χ3n) is 2.57. The molecule has 116 valence electrons. The summed E-state index contributed by atoms with van der Waals surface area (Å²) in [4.78, 5) is 22.2. The molecule has 1 atom stereocenters. The van der Waals surface area contributed by atoms with Crippen molar-refractivity contribution in [3.8, 4) is 5.75 Å². The number of amides is 2. The number of halogens is 1. The summed E-state index contributed by atoms with van der Waals surface area (Å²) in [6, 6.07) is 4.12. The van der Waals surface area contributed by atoms with Crippen LogP contribution in [0.5, 0.6) is 5.75 Å². The number of carbonyl (C=O) groups is 2. The van der Waals surface area contributed by atoms with Crippen molar-refractivity contribution in [2.75, 3.05) is 19.0 Å². The molecule has 21 heavy (non-hydrogen) atoms. The molecule has 0 saturated carbocycles. The highest BCUT2D eigenvalue weighted by Gasteiger charge is 2.24. The molecule has 1 rings (SSSR count). The number of methoxy groups -OCH3 is 1. The fourth-order valence-electron chi connectivity index (χ4n) is 1.58. The molecule has 0 bridgehead atoms. The molecule has 0 saturated heterocycles. The summed E-state index contributed by atoms with van der Waals surface area (Å²) < 4.78 is 4.99. The first-order chi connectivity index (χ1) is 9.73. The summed E-state index contributed by atoms with van der Waals surface area (Å²) in [5, 5.41) is 23.6. The molecule has 0 aliphatic heterocycles. The average Bonchev–Trinajstić information content (AvgIpc) is 2.35. The summed E-state index contributed by atoms with van der Waals surface area (Å²) in [6.07, 6.45) is -0.471.